The maximum absolute atomic E-state index is 12.1. The van der Waals surface area contributed by atoms with Crippen molar-refractivity contribution in [2.45, 2.75) is 13.1 Å². The summed E-state index contributed by atoms with van der Waals surface area (Å²) in [6.07, 6.45) is 0. The van der Waals surface area contributed by atoms with Gasteiger partial charge in [-0.1, -0.05) is 34.1 Å². The number of nitrogens with one attached hydrogen (secondary N) is 1. The number of likely N-dealkylation sites (N-methyl/N-ethyl adjacent to an activating group) is 1. The summed E-state index contributed by atoms with van der Waals surface area (Å²) in [6.45, 7) is 1.80. The first-order valence-corrected chi connectivity index (χ1v) is 8.47. The van der Waals surface area contributed by atoms with Gasteiger partial charge in [0.1, 0.15) is 0 Å². The van der Waals surface area contributed by atoms with Gasteiger partial charge in [-0.25, -0.2) is 0 Å². The highest BCUT2D eigenvalue weighted by Gasteiger charge is 2.13. The number of benzene rings is 2. The van der Waals surface area contributed by atoms with E-state index in [-0.39, 0.29) is 12.7 Å². The standard InChI is InChI=1S/C18H19BrN2O3/c1-21(10-13-2-5-15(19)6-3-13)11-18(22)20-9-14-4-7-16-17(8-14)24-12-23-16/h2-8H,9-12H2,1H3,(H,20,22). The van der Waals surface area contributed by atoms with E-state index in [1.165, 1.54) is 5.56 Å². The Morgan fingerprint density at radius 1 is 1.12 bits per heavy atom. The summed E-state index contributed by atoms with van der Waals surface area (Å²) < 4.78 is 11.7. The molecule has 126 valence electrons. The third-order valence-electron chi connectivity index (χ3n) is 3.71. The lowest BCUT2D eigenvalue weighted by atomic mass is 10.2. The summed E-state index contributed by atoms with van der Waals surface area (Å²) in [5, 5.41) is 2.93. The van der Waals surface area contributed by atoms with Crippen molar-refractivity contribution in [1.82, 2.24) is 10.2 Å². The lowest BCUT2D eigenvalue weighted by Gasteiger charge is -2.16. The molecule has 0 radical (unpaired) electrons. The Morgan fingerprint density at radius 2 is 1.83 bits per heavy atom. The SMILES string of the molecule is CN(CC(=O)NCc1ccc2c(c1)OCO2)Cc1ccc(Br)cc1. The van der Waals surface area contributed by atoms with Gasteiger partial charge in [0.25, 0.3) is 0 Å². The average molecular weight is 391 g/mol. The van der Waals surface area contributed by atoms with Gasteiger partial charge in [-0.15, -0.1) is 0 Å². The van der Waals surface area contributed by atoms with Crippen molar-refractivity contribution in [2.75, 3.05) is 20.4 Å². The summed E-state index contributed by atoms with van der Waals surface area (Å²) in [4.78, 5) is 14.1. The van der Waals surface area contributed by atoms with Crippen LogP contribution in [-0.2, 0) is 17.9 Å². The fourth-order valence-corrected chi connectivity index (χ4v) is 2.77. The first kappa shape index (κ1) is 16.8. The number of ether oxygens (including phenoxy) is 2. The van der Waals surface area contributed by atoms with Crippen molar-refractivity contribution in [3.63, 3.8) is 0 Å². The number of amides is 1. The lowest BCUT2D eigenvalue weighted by molar-refractivity contribution is -0.122. The van der Waals surface area contributed by atoms with Crippen LogP contribution in [0, 0.1) is 0 Å². The van der Waals surface area contributed by atoms with Crippen LogP contribution in [0.5, 0.6) is 11.5 Å². The maximum atomic E-state index is 12.1. The van der Waals surface area contributed by atoms with Crippen LogP contribution in [-0.4, -0.2) is 31.2 Å². The largest absolute Gasteiger partial charge is 0.454 e. The van der Waals surface area contributed by atoms with Gasteiger partial charge in [0.2, 0.25) is 12.7 Å². The van der Waals surface area contributed by atoms with E-state index in [0.29, 0.717) is 13.1 Å². The summed E-state index contributed by atoms with van der Waals surface area (Å²) >= 11 is 3.42. The van der Waals surface area contributed by atoms with Crippen LogP contribution in [0.3, 0.4) is 0 Å². The highest BCUT2D eigenvalue weighted by atomic mass is 79.9. The average Bonchev–Trinajstić information content (AvgIpc) is 3.02. The van der Waals surface area contributed by atoms with E-state index < -0.39 is 0 Å². The minimum atomic E-state index is -0.00715. The van der Waals surface area contributed by atoms with Crippen LogP contribution in [0.25, 0.3) is 0 Å². The molecule has 3 rings (SSSR count). The lowest BCUT2D eigenvalue weighted by Crippen LogP contribution is -2.34. The third kappa shape index (κ3) is 4.49. The van der Waals surface area contributed by atoms with E-state index in [2.05, 4.69) is 21.2 Å². The zero-order valence-electron chi connectivity index (χ0n) is 13.4. The van der Waals surface area contributed by atoms with Gasteiger partial charge in [0.05, 0.1) is 6.54 Å². The number of hydrogen-bond acceptors (Lipinski definition) is 4. The summed E-state index contributed by atoms with van der Waals surface area (Å²) in [5.74, 6) is 1.47. The zero-order valence-corrected chi connectivity index (χ0v) is 15.0. The zero-order chi connectivity index (χ0) is 16.9. The molecule has 0 aliphatic carbocycles. The molecule has 1 heterocycles. The number of carbonyl (C=O) groups excluding carboxylic acids is 1. The Labute approximate surface area is 149 Å². The molecule has 24 heavy (non-hydrogen) atoms. The Morgan fingerprint density at radius 3 is 2.62 bits per heavy atom. The van der Waals surface area contributed by atoms with Gasteiger partial charge in [-0.05, 0) is 42.4 Å². The molecule has 2 aromatic rings. The molecule has 0 fully saturated rings. The second kappa shape index (κ2) is 7.68. The summed E-state index contributed by atoms with van der Waals surface area (Å²) in [7, 11) is 1.93. The van der Waals surface area contributed by atoms with E-state index in [0.717, 1.165) is 28.1 Å². The molecular weight excluding hydrogens is 372 g/mol. The number of hydrogen-bond donors (Lipinski definition) is 1. The van der Waals surface area contributed by atoms with Crippen molar-refractivity contribution < 1.29 is 14.3 Å². The Balaban J connectivity index is 1.46. The normalized spacial score (nSPS) is 12.5. The summed E-state index contributed by atoms with van der Waals surface area (Å²) in [6, 6.07) is 13.8. The topological polar surface area (TPSA) is 50.8 Å². The van der Waals surface area contributed by atoms with Crippen molar-refractivity contribution in [3.05, 3.63) is 58.1 Å². The molecule has 0 unspecified atom stereocenters. The van der Waals surface area contributed by atoms with Gasteiger partial charge in [-0.3, -0.25) is 9.69 Å². The third-order valence-corrected chi connectivity index (χ3v) is 4.23. The number of rotatable bonds is 6. The first-order valence-electron chi connectivity index (χ1n) is 7.68. The highest BCUT2D eigenvalue weighted by molar-refractivity contribution is 9.10. The second-order valence-electron chi connectivity index (χ2n) is 5.76. The van der Waals surface area contributed by atoms with Gasteiger partial charge in [-0.2, -0.15) is 0 Å². The number of fused-ring (bicyclic) bond motifs is 1. The van der Waals surface area contributed by atoms with E-state index >= 15 is 0 Å². The van der Waals surface area contributed by atoms with E-state index in [1.54, 1.807) is 0 Å². The monoisotopic (exact) mass is 390 g/mol. The van der Waals surface area contributed by atoms with Crippen LogP contribution in [0.1, 0.15) is 11.1 Å². The van der Waals surface area contributed by atoms with Crippen molar-refractivity contribution in [3.8, 4) is 11.5 Å². The molecule has 6 heteroatoms. The van der Waals surface area contributed by atoms with Gasteiger partial charge in [0.15, 0.2) is 11.5 Å². The molecule has 5 nitrogen and oxygen atoms in total. The molecule has 0 saturated heterocycles. The maximum Gasteiger partial charge on any atom is 0.234 e. The van der Waals surface area contributed by atoms with E-state index in [9.17, 15) is 4.79 Å². The van der Waals surface area contributed by atoms with Crippen molar-refractivity contribution in [1.29, 1.82) is 0 Å². The quantitative estimate of drug-likeness (QED) is 0.823. The van der Waals surface area contributed by atoms with Gasteiger partial charge in [0, 0.05) is 17.6 Å². The Hall–Kier alpha value is -2.05. The predicted octanol–water partition coefficient (Wildman–Crippen LogP) is 2.93. The van der Waals surface area contributed by atoms with Crippen LogP contribution in [0.4, 0.5) is 0 Å². The predicted molar refractivity (Wildman–Crippen MR) is 94.9 cm³/mol. The first-order chi connectivity index (χ1) is 11.6. The number of nitrogens with zero attached hydrogens (tertiary/aromatic N) is 1. The summed E-state index contributed by atoms with van der Waals surface area (Å²) in [5.41, 5.74) is 2.16. The van der Waals surface area contributed by atoms with Crippen molar-refractivity contribution >= 4 is 21.8 Å². The van der Waals surface area contributed by atoms with Gasteiger partial charge < -0.3 is 14.8 Å². The molecule has 2 aromatic carbocycles. The fourth-order valence-electron chi connectivity index (χ4n) is 2.51. The minimum absolute atomic E-state index is 0.00715. The van der Waals surface area contributed by atoms with Crippen LogP contribution in [0.2, 0.25) is 0 Å². The molecule has 1 aliphatic heterocycles. The molecule has 1 N–H and O–H groups in total. The molecular formula is C18H19BrN2O3. The van der Waals surface area contributed by atoms with Crippen molar-refractivity contribution in [2.24, 2.45) is 0 Å². The molecule has 1 amide bonds. The minimum Gasteiger partial charge on any atom is -0.454 e. The van der Waals surface area contributed by atoms with Crippen LogP contribution >= 0.6 is 15.9 Å². The number of halogens is 1. The highest BCUT2D eigenvalue weighted by Crippen LogP contribution is 2.32. The molecule has 0 bridgehead atoms. The Bertz CT molecular complexity index is 719. The molecule has 0 atom stereocenters. The molecule has 1 aliphatic rings. The smallest absolute Gasteiger partial charge is 0.234 e. The van der Waals surface area contributed by atoms with Crippen LogP contribution in [0.15, 0.2) is 46.9 Å². The Kier molecular flexibility index (Phi) is 5.37. The van der Waals surface area contributed by atoms with E-state index in [4.69, 9.17) is 9.47 Å². The molecule has 0 aromatic heterocycles. The second-order valence-corrected chi connectivity index (χ2v) is 6.68. The van der Waals surface area contributed by atoms with E-state index in [1.807, 2.05) is 54.4 Å². The molecule has 0 saturated carbocycles. The fraction of sp³-hybridized carbons (Fsp3) is 0.278. The van der Waals surface area contributed by atoms with Crippen LogP contribution < -0.4 is 14.8 Å². The number of carbonyl (C=O) groups is 1. The molecule has 0 spiro atoms. The van der Waals surface area contributed by atoms with Gasteiger partial charge >= 0.3 is 0 Å².